The van der Waals surface area contributed by atoms with Crippen LogP contribution in [0.25, 0.3) is 11.1 Å². The lowest BCUT2D eigenvalue weighted by Crippen LogP contribution is -2.28. The van der Waals surface area contributed by atoms with Crippen molar-refractivity contribution in [2.24, 2.45) is 5.73 Å². The number of hydrogen-bond acceptors (Lipinski definition) is 7. The zero-order valence-corrected chi connectivity index (χ0v) is 37.2. The van der Waals surface area contributed by atoms with Gasteiger partial charge in [0.2, 0.25) is 5.91 Å². The zero-order chi connectivity index (χ0) is 45.2. The van der Waals surface area contributed by atoms with Crippen molar-refractivity contribution in [3.63, 3.8) is 0 Å². The first kappa shape index (κ1) is 55.0. The normalized spacial score (nSPS) is 9.64. The molecule has 0 aliphatic carbocycles. The number of nitrogens with one attached hydrogen (secondary N) is 2. The number of thiophene rings is 1. The largest absolute Gasteiger partial charge is 0.481 e. The highest BCUT2D eigenvalue weighted by molar-refractivity contribution is 7.07. The summed E-state index contributed by atoms with van der Waals surface area (Å²) in [6.07, 6.45) is 4.49. The van der Waals surface area contributed by atoms with Gasteiger partial charge in [0.1, 0.15) is 6.79 Å². The van der Waals surface area contributed by atoms with Crippen LogP contribution in [-0.4, -0.2) is 42.1 Å². The van der Waals surface area contributed by atoms with Gasteiger partial charge in [-0.25, -0.2) is 0 Å². The lowest BCUT2D eigenvalue weighted by atomic mass is 9.95. The van der Waals surface area contributed by atoms with Crippen LogP contribution in [0.15, 0.2) is 114 Å². The third-order valence-electron chi connectivity index (χ3n) is 7.61. The van der Waals surface area contributed by atoms with E-state index >= 15 is 0 Å². The minimum Gasteiger partial charge on any atom is -0.481 e. The van der Waals surface area contributed by atoms with Crippen LogP contribution < -0.4 is 22.1 Å². The average Bonchev–Trinajstić information content (AvgIpc) is 3.75. The first-order valence-corrected chi connectivity index (χ1v) is 20.8. The Bertz CT molecular complexity index is 1880. The van der Waals surface area contributed by atoms with Gasteiger partial charge < -0.3 is 32.0 Å². The van der Waals surface area contributed by atoms with Gasteiger partial charge in [-0.3, -0.25) is 19.2 Å². The number of carboxylic acid groups (broad SMARTS) is 1. The van der Waals surface area contributed by atoms with Crippen LogP contribution in [-0.2, 0) is 16.0 Å². The predicted molar refractivity (Wildman–Crippen MR) is 247 cm³/mol. The summed E-state index contributed by atoms with van der Waals surface area (Å²) in [5.74, 6) is -2.01. The Hall–Kier alpha value is -6.07. The Labute approximate surface area is 356 Å². The molecule has 0 fully saturated rings. The number of primary amides is 1. The average molecular weight is 827 g/mol. The minimum atomic E-state index is -0.833. The highest BCUT2D eigenvalue weighted by Crippen LogP contribution is 2.27. The Morgan fingerprint density at radius 1 is 0.780 bits per heavy atom. The molecule has 5 aromatic rings. The number of anilines is 1. The summed E-state index contributed by atoms with van der Waals surface area (Å²) in [4.78, 5) is 54.7. The van der Waals surface area contributed by atoms with Gasteiger partial charge in [-0.1, -0.05) is 109 Å². The van der Waals surface area contributed by atoms with Crippen molar-refractivity contribution in [3.05, 3.63) is 147 Å². The van der Waals surface area contributed by atoms with Crippen molar-refractivity contribution in [2.75, 3.05) is 12.3 Å². The topological polar surface area (TPSA) is 182 Å². The number of amides is 3. The molecule has 4 aromatic carbocycles. The zero-order valence-electron chi connectivity index (χ0n) is 36.3. The Morgan fingerprint density at radius 2 is 1.32 bits per heavy atom. The predicted octanol–water partition coefficient (Wildman–Crippen LogP) is 10.7. The summed E-state index contributed by atoms with van der Waals surface area (Å²) in [6.45, 7) is 19.8. The van der Waals surface area contributed by atoms with Crippen LogP contribution in [0, 0.1) is 6.92 Å². The molecule has 5 rings (SSSR count). The number of hydrogen-bond donors (Lipinski definition) is 5. The molecule has 0 saturated heterocycles. The van der Waals surface area contributed by atoms with Crippen molar-refractivity contribution in [1.29, 1.82) is 0 Å². The number of aryl methyl sites for hydroxylation is 2. The third-order valence-corrected chi connectivity index (χ3v) is 8.41. The highest BCUT2D eigenvalue weighted by atomic mass is 32.1. The summed E-state index contributed by atoms with van der Waals surface area (Å²) in [5.41, 5.74) is 17.8. The summed E-state index contributed by atoms with van der Waals surface area (Å²) >= 11 is 1.74. The monoisotopic (exact) mass is 826 g/mol. The molecule has 0 bridgehead atoms. The molecule has 59 heavy (non-hydrogen) atoms. The fraction of sp³-hybridized carbons (Fsp3) is 0.312. The van der Waals surface area contributed by atoms with Crippen LogP contribution in [0.3, 0.4) is 0 Å². The number of carbonyl (C=O) groups is 5. The lowest BCUT2D eigenvalue weighted by molar-refractivity contribution is -0.134. The van der Waals surface area contributed by atoms with Crippen molar-refractivity contribution >= 4 is 47.5 Å². The second-order valence-electron chi connectivity index (χ2n) is 12.2. The maximum atomic E-state index is 13.1. The van der Waals surface area contributed by atoms with Gasteiger partial charge in [-0.15, -0.1) is 0 Å². The van der Waals surface area contributed by atoms with E-state index in [-0.39, 0.29) is 17.9 Å². The number of rotatable bonds is 11. The van der Waals surface area contributed by atoms with Gasteiger partial charge in [0.25, 0.3) is 17.8 Å². The highest BCUT2D eigenvalue weighted by Gasteiger charge is 2.18. The second-order valence-corrected chi connectivity index (χ2v) is 13.0. The van der Waals surface area contributed by atoms with Crippen LogP contribution in [0.1, 0.15) is 128 Å². The fourth-order valence-electron chi connectivity index (χ4n) is 4.84. The van der Waals surface area contributed by atoms with E-state index in [0.717, 1.165) is 24.6 Å². The number of aliphatic carboxylic acids is 1. The Kier molecular flexibility index (Phi) is 31.7. The van der Waals surface area contributed by atoms with E-state index in [1.807, 2.05) is 90.8 Å². The molecule has 7 N–H and O–H groups in total. The van der Waals surface area contributed by atoms with E-state index < -0.39 is 11.9 Å². The summed E-state index contributed by atoms with van der Waals surface area (Å²) < 4.78 is 0. The van der Waals surface area contributed by atoms with E-state index in [9.17, 15) is 14.4 Å². The van der Waals surface area contributed by atoms with Gasteiger partial charge >= 0.3 is 0 Å². The molecule has 0 saturated carbocycles. The molecule has 1 aromatic heterocycles. The number of benzene rings is 4. The van der Waals surface area contributed by atoms with Crippen molar-refractivity contribution in [2.45, 2.75) is 94.0 Å². The van der Waals surface area contributed by atoms with Crippen LogP contribution >= 0.6 is 11.3 Å². The van der Waals surface area contributed by atoms with Crippen LogP contribution in [0.2, 0.25) is 0 Å². The smallest absolute Gasteiger partial charge is 0.300 e. The maximum absolute atomic E-state index is 13.1. The maximum Gasteiger partial charge on any atom is 0.300 e. The standard InChI is InChI=1S/C26H27N3O3.C10H15N.C5H6S.C2H4O2.2C2H6.CH2O/c1-3-13-28-25(31)20-14-19(22-11-7-8-12-23(22)24(27)30)15-21(16-20)26(32)29-17(2)18-9-5-4-6-10-18;1-2-3-4-9-5-7-10(11)8-6-9;1-5-2-3-6-4-5;1-2(3)4;3*1-2/h4-12,14-17H,3,13H2,1-2H3,(H2,27,30)(H,28,31)(H,29,32);5-8H,2-4,11H2,1H3;2-4H,1H3;1H3,(H,3,4);2*1-2H3;1H2/t17-;;;;;;/m1....../s1. The molecule has 10 nitrogen and oxygen atoms in total. The summed E-state index contributed by atoms with van der Waals surface area (Å²) in [7, 11) is 0. The summed E-state index contributed by atoms with van der Waals surface area (Å²) in [6, 6.07) is 31.4. The van der Waals surface area contributed by atoms with Gasteiger partial charge in [0, 0.05) is 35.8 Å². The molecule has 0 aliphatic heterocycles. The van der Waals surface area contributed by atoms with E-state index in [1.54, 1.807) is 53.8 Å². The molecular formula is C48H66N4O6S. The molecule has 3 amide bonds. The number of carboxylic acids is 1. The van der Waals surface area contributed by atoms with E-state index in [1.165, 1.54) is 30.4 Å². The molecule has 1 atom stereocenters. The molecular weight excluding hydrogens is 761 g/mol. The molecule has 0 aliphatic rings. The molecule has 0 unspecified atom stereocenters. The third kappa shape index (κ3) is 23.7. The van der Waals surface area contributed by atoms with Crippen molar-refractivity contribution in [3.8, 4) is 11.1 Å². The lowest BCUT2D eigenvalue weighted by Gasteiger charge is -2.16. The number of nitrogen functional groups attached to an aromatic ring is 1. The Morgan fingerprint density at radius 3 is 1.80 bits per heavy atom. The van der Waals surface area contributed by atoms with E-state index in [0.29, 0.717) is 34.4 Å². The van der Waals surface area contributed by atoms with Crippen molar-refractivity contribution in [1.82, 2.24) is 10.6 Å². The SMILES string of the molecule is C=O.CC.CC.CC(=O)O.CCCCc1ccc(N)cc1.CCCNC(=O)c1cc(C(=O)N[C@H](C)c2ccccc2)cc(-c2ccccc2C(N)=O)c1.Cc1ccsc1. The molecule has 320 valence electrons. The minimum absolute atomic E-state index is 0.220. The van der Waals surface area contributed by atoms with Crippen LogP contribution in [0.5, 0.6) is 0 Å². The van der Waals surface area contributed by atoms with Gasteiger partial charge in [0.05, 0.1) is 6.04 Å². The first-order valence-electron chi connectivity index (χ1n) is 19.9. The quantitative estimate of drug-likeness (QED) is 0.0821. The van der Waals surface area contributed by atoms with Crippen molar-refractivity contribution < 1.29 is 29.1 Å². The fourth-order valence-corrected chi connectivity index (χ4v) is 5.50. The van der Waals surface area contributed by atoms with Gasteiger partial charge in [0.15, 0.2) is 0 Å². The second kappa shape index (κ2) is 34.0. The molecule has 1 heterocycles. The van der Waals surface area contributed by atoms with Gasteiger partial charge in [-0.2, -0.15) is 11.3 Å². The molecule has 11 heteroatoms. The van der Waals surface area contributed by atoms with E-state index in [4.69, 9.17) is 26.2 Å². The van der Waals surface area contributed by atoms with Crippen LogP contribution in [0.4, 0.5) is 5.69 Å². The van der Waals surface area contributed by atoms with Gasteiger partial charge in [-0.05, 0) is 114 Å². The van der Waals surface area contributed by atoms with E-state index in [2.05, 4.69) is 53.4 Å². The first-order chi connectivity index (χ1) is 28.4. The number of carbonyl (C=O) groups excluding carboxylic acids is 4. The summed E-state index contributed by atoms with van der Waals surface area (Å²) in [5, 5.41) is 17.4. The number of nitrogens with two attached hydrogens (primary N) is 2. The number of unbranched alkanes of at least 4 members (excludes halogenated alkanes) is 1. The molecule has 0 radical (unpaired) electrons. The molecule has 0 spiro atoms. The Balaban J connectivity index is 0.